The molecule has 0 saturated carbocycles. The van der Waals surface area contributed by atoms with Gasteiger partial charge in [0.25, 0.3) is 0 Å². The van der Waals surface area contributed by atoms with Crippen molar-refractivity contribution in [1.82, 2.24) is 0 Å². The minimum absolute atomic E-state index is 0.335. The van der Waals surface area contributed by atoms with Crippen LogP contribution in [0.4, 0.5) is 0 Å². The zero-order valence-corrected chi connectivity index (χ0v) is 11.4. The summed E-state index contributed by atoms with van der Waals surface area (Å²) in [6.45, 7) is 8.75. The molecule has 3 nitrogen and oxygen atoms in total. The first-order valence-electron chi connectivity index (χ1n) is 6.47. The Kier molecular flexibility index (Phi) is 4.38. The third-order valence-electron chi connectivity index (χ3n) is 3.21. The van der Waals surface area contributed by atoms with Crippen LogP contribution in [0, 0.1) is 12.8 Å². The fourth-order valence-electron chi connectivity index (χ4n) is 1.93. The molecule has 1 aliphatic rings. The van der Waals surface area contributed by atoms with Gasteiger partial charge in [-0.25, -0.2) is 0 Å². The van der Waals surface area contributed by atoms with Crippen molar-refractivity contribution in [1.29, 1.82) is 0 Å². The van der Waals surface area contributed by atoms with E-state index in [2.05, 4.69) is 19.1 Å². The third kappa shape index (κ3) is 3.80. The Morgan fingerprint density at radius 1 is 1.22 bits per heavy atom. The molecule has 1 aromatic rings. The fraction of sp³-hybridized carbons (Fsp3) is 0.600. The highest BCUT2D eigenvalue weighted by atomic mass is 16.7. The van der Waals surface area contributed by atoms with Crippen molar-refractivity contribution in [2.24, 2.45) is 5.92 Å². The molecule has 0 bridgehead atoms. The lowest BCUT2D eigenvalue weighted by molar-refractivity contribution is -0.266. The third-order valence-corrected chi connectivity index (χ3v) is 3.21. The van der Waals surface area contributed by atoms with Crippen LogP contribution in [-0.4, -0.2) is 25.6 Å². The minimum atomic E-state index is -0.438. The molecule has 0 amide bonds. The molecule has 100 valence electrons. The van der Waals surface area contributed by atoms with Crippen molar-refractivity contribution in [3.05, 3.63) is 35.4 Å². The van der Waals surface area contributed by atoms with Gasteiger partial charge in [-0.1, -0.05) is 24.3 Å². The lowest BCUT2D eigenvalue weighted by atomic mass is 10.1. The van der Waals surface area contributed by atoms with Gasteiger partial charge in [-0.2, -0.15) is 0 Å². The second-order valence-corrected chi connectivity index (χ2v) is 5.33. The summed E-state index contributed by atoms with van der Waals surface area (Å²) < 4.78 is 17.0. The van der Waals surface area contributed by atoms with E-state index in [0.717, 1.165) is 0 Å². The SMILES string of the molecule is Cc1ccccc1COCC1COC(C)(C)OC1. The first kappa shape index (κ1) is 13.5. The summed E-state index contributed by atoms with van der Waals surface area (Å²) in [6.07, 6.45) is 0. The van der Waals surface area contributed by atoms with Gasteiger partial charge in [-0.3, -0.25) is 0 Å². The highest BCUT2D eigenvalue weighted by Crippen LogP contribution is 2.20. The molecular weight excluding hydrogens is 228 g/mol. The van der Waals surface area contributed by atoms with E-state index >= 15 is 0 Å². The van der Waals surface area contributed by atoms with Gasteiger partial charge < -0.3 is 14.2 Å². The summed E-state index contributed by atoms with van der Waals surface area (Å²) in [5.74, 6) is -0.103. The van der Waals surface area contributed by atoms with Crippen LogP contribution < -0.4 is 0 Å². The Morgan fingerprint density at radius 2 is 1.89 bits per heavy atom. The van der Waals surface area contributed by atoms with E-state index in [1.54, 1.807) is 0 Å². The summed E-state index contributed by atoms with van der Waals surface area (Å²) in [4.78, 5) is 0. The molecule has 0 radical (unpaired) electrons. The van der Waals surface area contributed by atoms with Crippen molar-refractivity contribution >= 4 is 0 Å². The first-order valence-corrected chi connectivity index (χ1v) is 6.47. The maximum Gasteiger partial charge on any atom is 0.162 e. The van der Waals surface area contributed by atoms with Crippen LogP contribution in [-0.2, 0) is 20.8 Å². The predicted molar refractivity (Wildman–Crippen MR) is 70.3 cm³/mol. The van der Waals surface area contributed by atoms with E-state index in [9.17, 15) is 0 Å². The van der Waals surface area contributed by atoms with Gasteiger partial charge in [0, 0.05) is 5.92 Å². The summed E-state index contributed by atoms with van der Waals surface area (Å²) in [7, 11) is 0. The second-order valence-electron chi connectivity index (χ2n) is 5.33. The highest BCUT2D eigenvalue weighted by molar-refractivity contribution is 5.24. The van der Waals surface area contributed by atoms with E-state index in [1.165, 1.54) is 11.1 Å². The number of hydrogen-bond acceptors (Lipinski definition) is 3. The molecule has 1 aromatic carbocycles. The molecule has 3 heteroatoms. The second kappa shape index (κ2) is 5.83. The monoisotopic (exact) mass is 250 g/mol. The Labute approximate surface area is 109 Å². The molecule has 0 N–H and O–H groups in total. The molecule has 0 aromatic heterocycles. The maximum absolute atomic E-state index is 5.75. The summed E-state index contributed by atoms with van der Waals surface area (Å²) in [5, 5.41) is 0. The Bertz CT molecular complexity index is 377. The maximum atomic E-state index is 5.75. The van der Waals surface area contributed by atoms with Gasteiger partial charge in [-0.05, 0) is 31.9 Å². The molecule has 2 rings (SSSR count). The van der Waals surface area contributed by atoms with Crippen LogP contribution in [0.3, 0.4) is 0 Å². The van der Waals surface area contributed by atoms with E-state index in [1.807, 2.05) is 26.0 Å². The molecule has 0 atom stereocenters. The van der Waals surface area contributed by atoms with Crippen molar-refractivity contribution in [3.8, 4) is 0 Å². The van der Waals surface area contributed by atoms with E-state index in [0.29, 0.717) is 32.3 Å². The molecule has 1 aliphatic heterocycles. The summed E-state index contributed by atoms with van der Waals surface area (Å²) >= 11 is 0. The molecule has 1 heterocycles. The standard InChI is InChI=1S/C15H22O3/c1-12-6-4-5-7-14(12)11-16-8-13-9-17-15(2,3)18-10-13/h4-7,13H,8-11H2,1-3H3. The van der Waals surface area contributed by atoms with Gasteiger partial charge in [0.15, 0.2) is 5.79 Å². The Balaban J connectivity index is 1.72. The van der Waals surface area contributed by atoms with Gasteiger partial charge >= 0.3 is 0 Å². The lowest BCUT2D eigenvalue weighted by Gasteiger charge is -2.34. The topological polar surface area (TPSA) is 27.7 Å². The van der Waals surface area contributed by atoms with E-state index in [-0.39, 0.29) is 0 Å². The van der Waals surface area contributed by atoms with Crippen LogP contribution >= 0.6 is 0 Å². The first-order chi connectivity index (χ1) is 8.57. The molecule has 0 unspecified atom stereocenters. The minimum Gasteiger partial charge on any atom is -0.376 e. The summed E-state index contributed by atoms with van der Waals surface area (Å²) in [6, 6.07) is 8.30. The van der Waals surface area contributed by atoms with Gasteiger partial charge in [-0.15, -0.1) is 0 Å². The van der Waals surface area contributed by atoms with Crippen molar-refractivity contribution in [2.45, 2.75) is 33.2 Å². The normalized spacial score (nSPS) is 19.9. The zero-order chi connectivity index (χ0) is 13.0. The quantitative estimate of drug-likeness (QED) is 0.822. The molecular formula is C15H22O3. The van der Waals surface area contributed by atoms with Crippen LogP contribution in [0.15, 0.2) is 24.3 Å². The largest absolute Gasteiger partial charge is 0.376 e. The van der Waals surface area contributed by atoms with Crippen LogP contribution in [0.5, 0.6) is 0 Å². The molecule has 1 fully saturated rings. The Morgan fingerprint density at radius 3 is 2.56 bits per heavy atom. The van der Waals surface area contributed by atoms with E-state index in [4.69, 9.17) is 14.2 Å². The van der Waals surface area contributed by atoms with Crippen LogP contribution in [0.1, 0.15) is 25.0 Å². The Hall–Kier alpha value is -0.900. The average molecular weight is 250 g/mol. The van der Waals surface area contributed by atoms with Gasteiger partial charge in [0.1, 0.15) is 0 Å². The zero-order valence-electron chi connectivity index (χ0n) is 11.4. The molecule has 0 spiro atoms. The number of benzene rings is 1. The number of hydrogen-bond donors (Lipinski definition) is 0. The smallest absolute Gasteiger partial charge is 0.162 e. The van der Waals surface area contributed by atoms with Crippen LogP contribution in [0.2, 0.25) is 0 Å². The van der Waals surface area contributed by atoms with E-state index < -0.39 is 5.79 Å². The van der Waals surface area contributed by atoms with Crippen LogP contribution in [0.25, 0.3) is 0 Å². The molecule has 18 heavy (non-hydrogen) atoms. The lowest BCUT2D eigenvalue weighted by Crippen LogP contribution is -2.40. The average Bonchev–Trinajstić information content (AvgIpc) is 2.34. The number of ether oxygens (including phenoxy) is 3. The number of aryl methyl sites for hydroxylation is 1. The van der Waals surface area contributed by atoms with Crippen molar-refractivity contribution in [3.63, 3.8) is 0 Å². The molecule has 1 saturated heterocycles. The van der Waals surface area contributed by atoms with Gasteiger partial charge in [0.05, 0.1) is 26.4 Å². The highest BCUT2D eigenvalue weighted by Gasteiger charge is 2.28. The fourth-order valence-corrected chi connectivity index (χ4v) is 1.93. The molecule has 0 aliphatic carbocycles. The predicted octanol–water partition coefficient (Wildman–Crippen LogP) is 2.91. The summed E-state index contributed by atoms with van der Waals surface area (Å²) in [5.41, 5.74) is 2.52. The van der Waals surface area contributed by atoms with Gasteiger partial charge in [0.2, 0.25) is 0 Å². The number of rotatable bonds is 4. The van der Waals surface area contributed by atoms with Crippen molar-refractivity contribution in [2.75, 3.05) is 19.8 Å². The van der Waals surface area contributed by atoms with Crippen molar-refractivity contribution < 1.29 is 14.2 Å².